The number of aromatic hydroxyl groups is 1. The molecule has 1 N–H and O–H groups in total. The van der Waals surface area contributed by atoms with Gasteiger partial charge in [0.25, 0.3) is 0 Å². The van der Waals surface area contributed by atoms with Gasteiger partial charge in [0.15, 0.2) is 0 Å². The van der Waals surface area contributed by atoms with Gasteiger partial charge in [-0.3, -0.25) is 4.98 Å². The number of benzene rings is 3. The summed E-state index contributed by atoms with van der Waals surface area (Å²) in [6.07, 6.45) is 1.85. The molecule has 2 aromatic heterocycles. The van der Waals surface area contributed by atoms with Gasteiger partial charge in [-0.1, -0.05) is 90.6 Å². The third-order valence-corrected chi connectivity index (χ3v) is 10.0. The Bertz CT molecular complexity index is 1750. The fourth-order valence-corrected chi connectivity index (χ4v) is 6.41. The summed E-state index contributed by atoms with van der Waals surface area (Å²) in [6.45, 7) is 20.5. The molecule has 0 atom stereocenters. The highest BCUT2D eigenvalue weighted by Crippen LogP contribution is 2.39. The second-order valence-electron chi connectivity index (χ2n) is 14.4. The first-order chi connectivity index (χ1) is 19.0. The maximum atomic E-state index is 11.0. The van der Waals surface area contributed by atoms with Crippen LogP contribution < -0.4 is 5.19 Å². The minimum atomic E-state index is -1.68. The van der Waals surface area contributed by atoms with Crippen molar-refractivity contribution in [3.05, 3.63) is 84.1 Å². The van der Waals surface area contributed by atoms with Crippen LogP contribution in [-0.2, 0) is 17.9 Å². The molecular weight excluding hydrogens is 519 g/mol. The monoisotopic (exact) mass is 561 g/mol. The molecule has 5 heteroatoms. The molecule has 0 aliphatic carbocycles. The summed E-state index contributed by atoms with van der Waals surface area (Å²) in [6, 6.07) is 23.5. The lowest BCUT2D eigenvalue weighted by atomic mass is 9.83. The van der Waals surface area contributed by atoms with Crippen LogP contribution in [-0.4, -0.2) is 27.7 Å². The molecule has 0 bridgehead atoms. The Balaban J connectivity index is 1.84. The maximum Gasteiger partial charge on any atom is 0.144 e. The van der Waals surface area contributed by atoms with Crippen LogP contribution in [0.2, 0.25) is 19.6 Å². The first-order valence-corrected chi connectivity index (χ1v) is 18.0. The molecule has 4 nitrogen and oxygen atoms in total. The van der Waals surface area contributed by atoms with E-state index in [0.717, 1.165) is 44.8 Å². The number of aromatic nitrogens is 3. The van der Waals surface area contributed by atoms with Gasteiger partial charge in [0.2, 0.25) is 0 Å². The van der Waals surface area contributed by atoms with Gasteiger partial charge in [0.1, 0.15) is 11.6 Å². The number of imidazole rings is 1. The molecule has 0 saturated carbocycles. The zero-order valence-corrected chi connectivity index (χ0v) is 27.2. The van der Waals surface area contributed by atoms with E-state index in [0.29, 0.717) is 0 Å². The number of phenols is 1. The molecule has 41 heavy (non-hydrogen) atoms. The molecule has 2 heterocycles. The fraction of sp³-hybridized carbons (Fsp3) is 0.333. The molecule has 0 saturated heterocycles. The second-order valence-corrected chi connectivity index (χ2v) is 19.5. The Labute approximate surface area is 246 Å². The van der Waals surface area contributed by atoms with E-state index in [1.807, 2.05) is 24.4 Å². The minimum Gasteiger partial charge on any atom is -0.507 e. The summed E-state index contributed by atoms with van der Waals surface area (Å²) < 4.78 is 2.15. The van der Waals surface area contributed by atoms with Crippen molar-refractivity contribution in [2.45, 2.75) is 72.0 Å². The third kappa shape index (κ3) is 5.60. The number of nitrogens with zero attached hydrogens (tertiary/aromatic N) is 3. The molecule has 0 aliphatic heterocycles. The molecule has 0 spiro atoms. The number of fused-ring (bicyclic) bond motifs is 1. The SMILES string of the molecule is Cn1c(-c2cc(C(C)(C)C)ccc2O)nc2c(-c3cc(-c4ccccn4)cc(C(C)(C)C)c3)cc([Si](C)(C)C)cc21. The number of hydrogen-bond donors (Lipinski definition) is 1. The van der Waals surface area contributed by atoms with E-state index < -0.39 is 8.07 Å². The molecule has 5 rings (SSSR count). The van der Waals surface area contributed by atoms with E-state index in [2.05, 4.69) is 120 Å². The standard InChI is InChI=1S/C36H43N3OSi/c1-35(2,3)25-14-15-32(40)29(20-25)34-38-33-28(21-27(41(8,9)10)22-31(33)39(34)7)23-17-24(30-13-11-12-16-37-30)19-26(18-23)36(4,5)6/h11-22,40H,1-10H3. The van der Waals surface area contributed by atoms with Crippen molar-refractivity contribution >= 4 is 24.3 Å². The van der Waals surface area contributed by atoms with Crippen LogP contribution in [0.15, 0.2) is 72.9 Å². The molecule has 212 valence electrons. The van der Waals surface area contributed by atoms with Gasteiger partial charge in [-0.25, -0.2) is 4.98 Å². The highest BCUT2D eigenvalue weighted by atomic mass is 28.3. The van der Waals surface area contributed by atoms with Crippen molar-refractivity contribution < 1.29 is 5.11 Å². The van der Waals surface area contributed by atoms with Crippen LogP contribution in [0.3, 0.4) is 0 Å². The second kappa shape index (κ2) is 9.99. The smallest absolute Gasteiger partial charge is 0.144 e. The van der Waals surface area contributed by atoms with Gasteiger partial charge in [0, 0.05) is 24.4 Å². The quantitative estimate of drug-likeness (QED) is 0.223. The largest absolute Gasteiger partial charge is 0.507 e. The van der Waals surface area contributed by atoms with Crippen LogP contribution in [0.5, 0.6) is 5.75 Å². The van der Waals surface area contributed by atoms with Crippen molar-refractivity contribution in [1.29, 1.82) is 0 Å². The van der Waals surface area contributed by atoms with E-state index in [-0.39, 0.29) is 16.6 Å². The number of aryl methyl sites for hydroxylation is 1. The van der Waals surface area contributed by atoms with Crippen molar-refractivity contribution in [3.8, 4) is 39.5 Å². The highest BCUT2D eigenvalue weighted by molar-refractivity contribution is 6.88. The molecule has 5 aromatic rings. The first-order valence-electron chi connectivity index (χ1n) is 14.5. The Morgan fingerprint density at radius 3 is 2.02 bits per heavy atom. The third-order valence-electron chi connectivity index (χ3n) is 8.03. The maximum absolute atomic E-state index is 11.0. The zero-order valence-electron chi connectivity index (χ0n) is 26.2. The number of phenolic OH excluding ortho intramolecular Hbond substituents is 1. The number of hydrogen-bond acceptors (Lipinski definition) is 3. The summed E-state index contributed by atoms with van der Waals surface area (Å²) in [5.74, 6) is 1.02. The van der Waals surface area contributed by atoms with Crippen molar-refractivity contribution in [1.82, 2.24) is 14.5 Å². The zero-order chi connectivity index (χ0) is 29.9. The Hall–Kier alpha value is -3.70. The Kier molecular flexibility index (Phi) is 7.02. The molecular formula is C36H43N3OSi. The summed E-state index contributed by atoms with van der Waals surface area (Å²) in [5.41, 5.74) is 9.45. The average Bonchev–Trinajstić information content (AvgIpc) is 3.23. The topological polar surface area (TPSA) is 50.9 Å². The van der Waals surface area contributed by atoms with Gasteiger partial charge in [-0.2, -0.15) is 0 Å². The lowest BCUT2D eigenvalue weighted by Crippen LogP contribution is -2.37. The predicted molar refractivity (Wildman–Crippen MR) is 177 cm³/mol. The highest BCUT2D eigenvalue weighted by Gasteiger charge is 2.25. The van der Waals surface area contributed by atoms with E-state index >= 15 is 0 Å². The first kappa shape index (κ1) is 28.8. The molecule has 0 unspecified atom stereocenters. The van der Waals surface area contributed by atoms with Gasteiger partial charge in [-0.05, 0) is 70.0 Å². The summed E-state index contributed by atoms with van der Waals surface area (Å²) in [7, 11) is 0.383. The van der Waals surface area contributed by atoms with Gasteiger partial charge in [-0.15, -0.1) is 0 Å². The van der Waals surface area contributed by atoms with Gasteiger partial charge < -0.3 is 9.67 Å². The fourth-order valence-electron chi connectivity index (χ4n) is 5.26. The Morgan fingerprint density at radius 1 is 0.732 bits per heavy atom. The summed E-state index contributed by atoms with van der Waals surface area (Å²) >= 11 is 0. The minimum absolute atomic E-state index is 0.0382. The van der Waals surface area contributed by atoms with Crippen LogP contribution in [0.25, 0.3) is 44.8 Å². The molecule has 3 aromatic carbocycles. The van der Waals surface area contributed by atoms with Crippen LogP contribution in [0.4, 0.5) is 0 Å². The van der Waals surface area contributed by atoms with E-state index in [1.165, 1.54) is 16.3 Å². The molecule has 0 aliphatic rings. The number of pyridine rings is 1. The molecule has 0 radical (unpaired) electrons. The Morgan fingerprint density at radius 2 is 1.41 bits per heavy atom. The van der Waals surface area contributed by atoms with Crippen LogP contribution in [0.1, 0.15) is 52.7 Å². The van der Waals surface area contributed by atoms with Gasteiger partial charge in [0.05, 0.1) is 30.4 Å². The van der Waals surface area contributed by atoms with Crippen LogP contribution >= 0.6 is 0 Å². The average molecular weight is 562 g/mol. The summed E-state index contributed by atoms with van der Waals surface area (Å²) in [5, 5.41) is 12.4. The van der Waals surface area contributed by atoms with Crippen molar-refractivity contribution in [3.63, 3.8) is 0 Å². The lowest BCUT2D eigenvalue weighted by molar-refractivity contribution is 0.475. The molecule has 0 amide bonds. The predicted octanol–water partition coefficient (Wildman–Crippen LogP) is 8.82. The normalized spacial score (nSPS) is 12.7. The molecule has 0 fully saturated rings. The number of rotatable bonds is 4. The van der Waals surface area contributed by atoms with Gasteiger partial charge >= 0.3 is 0 Å². The lowest BCUT2D eigenvalue weighted by Gasteiger charge is -2.23. The van der Waals surface area contributed by atoms with E-state index in [4.69, 9.17) is 4.98 Å². The van der Waals surface area contributed by atoms with Crippen molar-refractivity contribution in [2.24, 2.45) is 7.05 Å². The van der Waals surface area contributed by atoms with Crippen LogP contribution in [0, 0.1) is 0 Å². The van der Waals surface area contributed by atoms with E-state index in [9.17, 15) is 5.11 Å². The van der Waals surface area contributed by atoms with Crippen molar-refractivity contribution in [2.75, 3.05) is 0 Å². The summed E-state index contributed by atoms with van der Waals surface area (Å²) in [4.78, 5) is 9.94. The van der Waals surface area contributed by atoms with E-state index in [1.54, 1.807) is 6.07 Å².